The van der Waals surface area contributed by atoms with Crippen molar-refractivity contribution in [3.63, 3.8) is 0 Å². The molecule has 0 saturated carbocycles. The predicted molar refractivity (Wildman–Crippen MR) is 80.2 cm³/mol. The summed E-state index contributed by atoms with van der Waals surface area (Å²) >= 11 is 0. The lowest BCUT2D eigenvalue weighted by molar-refractivity contribution is -0.122. The molecule has 1 aliphatic rings. The number of carbonyl (C=O) groups is 1. The smallest absolute Gasteiger partial charge is 0.234 e. The van der Waals surface area contributed by atoms with E-state index in [2.05, 4.69) is 36.3 Å². The highest BCUT2D eigenvalue weighted by Gasteiger charge is 2.28. The lowest BCUT2D eigenvalue weighted by Gasteiger charge is -2.38. The van der Waals surface area contributed by atoms with E-state index in [9.17, 15) is 4.79 Å². The van der Waals surface area contributed by atoms with Gasteiger partial charge in [-0.3, -0.25) is 9.69 Å². The number of rotatable bonds is 8. The fourth-order valence-electron chi connectivity index (χ4n) is 2.79. The van der Waals surface area contributed by atoms with Gasteiger partial charge >= 0.3 is 0 Å². The third-order valence-electron chi connectivity index (χ3n) is 3.94. The molecule has 4 heteroatoms. The Morgan fingerprint density at radius 1 is 1.21 bits per heavy atom. The van der Waals surface area contributed by atoms with Crippen LogP contribution in [0, 0.1) is 5.92 Å². The molecule has 4 nitrogen and oxygen atoms in total. The average Bonchev–Trinajstić information content (AvgIpc) is 2.43. The first-order chi connectivity index (χ1) is 9.21. The van der Waals surface area contributed by atoms with E-state index in [1.54, 1.807) is 0 Å². The van der Waals surface area contributed by atoms with Crippen LogP contribution in [0.2, 0.25) is 0 Å². The van der Waals surface area contributed by atoms with Crippen LogP contribution in [0.4, 0.5) is 0 Å². The largest absolute Gasteiger partial charge is 0.355 e. The van der Waals surface area contributed by atoms with Crippen molar-refractivity contribution in [3.05, 3.63) is 0 Å². The molecule has 2 N–H and O–H groups in total. The van der Waals surface area contributed by atoms with Crippen molar-refractivity contribution in [3.8, 4) is 0 Å². The van der Waals surface area contributed by atoms with Crippen LogP contribution in [0.25, 0.3) is 0 Å². The van der Waals surface area contributed by atoms with Gasteiger partial charge in [0.25, 0.3) is 0 Å². The Hall–Kier alpha value is -0.610. The van der Waals surface area contributed by atoms with Crippen molar-refractivity contribution < 1.29 is 4.79 Å². The minimum atomic E-state index is 0.177. The van der Waals surface area contributed by atoms with Crippen LogP contribution in [0.15, 0.2) is 0 Å². The maximum Gasteiger partial charge on any atom is 0.234 e. The third kappa shape index (κ3) is 5.91. The molecular formula is C15H31N3O. The van der Waals surface area contributed by atoms with Crippen LogP contribution in [0.5, 0.6) is 0 Å². The zero-order valence-electron chi connectivity index (χ0n) is 12.9. The molecule has 0 aromatic carbocycles. The number of nitrogens with zero attached hydrogens (tertiary/aromatic N) is 1. The van der Waals surface area contributed by atoms with Gasteiger partial charge < -0.3 is 10.6 Å². The van der Waals surface area contributed by atoms with E-state index in [1.807, 2.05) is 0 Å². The molecule has 2 atom stereocenters. The Morgan fingerprint density at radius 3 is 2.58 bits per heavy atom. The lowest BCUT2D eigenvalue weighted by atomic mass is 9.90. The molecule has 1 saturated heterocycles. The Bertz CT molecular complexity index is 258. The van der Waals surface area contributed by atoms with Crippen molar-refractivity contribution in [2.45, 2.75) is 52.5 Å². The fourth-order valence-corrected chi connectivity index (χ4v) is 2.79. The first kappa shape index (κ1) is 16.4. The van der Waals surface area contributed by atoms with Crippen LogP contribution in [0.1, 0.15) is 46.5 Å². The number of likely N-dealkylation sites (tertiary alicyclic amines) is 1. The molecule has 1 fully saturated rings. The molecule has 1 amide bonds. The van der Waals surface area contributed by atoms with E-state index in [4.69, 9.17) is 0 Å². The average molecular weight is 269 g/mol. The van der Waals surface area contributed by atoms with Gasteiger partial charge in [0.15, 0.2) is 0 Å². The first-order valence-corrected chi connectivity index (χ1v) is 7.93. The highest BCUT2D eigenvalue weighted by atomic mass is 16.2. The summed E-state index contributed by atoms with van der Waals surface area (Å²) in [6.45, 7) is 11.1. The summed E-state index contributed by atoms with van der Waals surface area (Å²) in [6.07, 6.45) is 4.55. The molecule has 1 rings (SSSR count). The third-order valence-corrected chi connectivity index (χ3v) is 3.94. The number of hydrogen-bond acceptors (Lipinski definition) is 3. The first-order valence-electron chi connectivity index (χ1n) is 7.93. The fraction of sp³-hybridized carbons (Fsp3) is 0.933. The van der Waals surface area contributed by atoms with E-state index in [1.165, 1.54) is 19.3 Å². The minimum Gasteiger partial charge on any atom is -0.355 e. The van der Waals surface area contributed by atoms with Crippen LogP contribution in [-0.4, -0.2) is 49.6 Å². The molecule has 2 unspecified atom stereocenters. The molecule has 1 aliphatic heterocycles. The maximum absolute atomic E-state index is 11.8. The zero-order valence-corrected chi connectivity index (χ0v) is 12.9. The molecule has 1 heterocycles. The van der Waals surface area contributed by atoms with Gasteiger partial charge in [-0.05, 0) is 31.7 Å². The normalized spacial score (nSPS) is 24.4. The number of carbonyl (C=O) groups excluding carboxylic acids is 1. The molecule has 112 valence electrons. The molecule has 19 heavy (non-hydrogen) atoms. The number of hydrogen-bond donors (Lipinski definition) is 2. The minimum absolute atomic E-state index is 0.177. The van der Waals surface area contributed by atoms with Crippen LogP contribution < -0.4 is 10.6 Å². The second-order valence-corrected chi connectivity index (χ2v) is 5.60. The summed E-state index contributed by atoms with van der Waals surface area (Å²) in [5.41, 5.74) is 0. The Labute approximate surface area is 118 Å². The summed E-state index contributed by atoms with van der Waals surface area (Å²) < 4.78 is 0. The van der Waals surface area contributed by atoms with Crippen LogP contribution >= 0.6 is 0 Å². The molecule has 0 aromatic rings. The summed E-state index contributed by atoms with van der Waals surface area (Å²) in [4.78, 5) is 14.1. The van der Waals surface area contributed by atoms with E-state index < -0.39 is 0 Å². The van der Waals surface area contributed by atoms with Gasteiger partial charge in [-0.25, -0.2) is 0 Å². The van der Waals surface area contributed by atoms with E-state index in [0.29, 0.717) is 18.5 Å². The van der Waals surface area contributed by atoms with Gasteiger partial charge in [-0.1, -0.05) is 27.2 Å². The van der Waals surface area contributed by atoms with Crippen LogP contribution in [-0.2, 0) is 4.79 Å². The van der Waals surface area contributed by atoms with Gasteiger partial charge in [0.2, 0.25) is 5.91 Å². The van der Waals surface area contributed by atoms with Gasteiger partial charge in [0.05, 0.1) is 6.54 Å². The Morgan fingerprint density at radius 2 is 1.95 bits per heavy atom. The molecular weight excluding hydrogens is 238 g/mol. The highest BCUT2D eigenvalue weighted by Crippen LogP contribution is 2.20. The monoisotopic (exact) mass is 269 g/mol. The summed E-state index contributed by atoms with van der Waals surface area (Å²) in [5.74, 6) is 0.857. The van der Waals surface area contributed by atoms with Crippen molar-refractivity contribution in [1.82, 2.24) is 15.5 Å². The quantitative estimate of drug-likeness (QED) is 0.704. The van der Waals surface area contributed by atoms with Crippen molar-refractivity contribution in [2.75, 3.05) is 32.7 Å². The van der Waals surface area contributed by atoms with E-state index in [0.717, 1.165) is 32.6 Å². The van der Waals surface area contributed by atoms with Gasteiger partial charge in [0.1, 0.15) is 0 Å². The lowest BCUT2D eigenvalue weighted by Crippen LogP contribution is -2.51. The Balaban J connectivity index is 2.34. The highest BCUT2D eigenvalue weighted by molar-refractivity contribution is 5.77. The summed E-state index contributed by atoms with van der Waals surface area (Å²) in [5, 5.41) is 6.61. The van der Waals surface area contributed by atoms with Crippen LogP contribution in [0.3, 0.4) is 0 Å². The molecule has 0 radical (unpaired) electrons. The predicted octanol–water partition coefficient (Wildman–Crippen LogP) is 1.61. The SMILES string of the molecule is CCCNC(=O)CN1CCC(NCCC)C(CC)C1. The van der Waals surface area contributed by atoms with Gasteiger partial charge in [0, 0.05) is 25.7 Å². The van der Waals surface area contributed by atoms with Crippen molar-refractivity contribution >= 4 is 5.91 Å². The van der Waals surface area contributed by atoms with Crippen molar-refractivity contribution in [2.24, 2.45) is 5.92 Å². The molecule has 0 spiro atoms. The Kier molecular flexibility index (Phi) is 8.07. The second kappa shape index (κ2) is 9.32. The summed E-state index contributed by atoms with van der Waals surface area (Å²) in [6, 6.07) is 0.639. The second-order valence-electron chi connectivity index (χ2n) is 5.60. The summed E-state index contributed by atoms with van der Waals surface area (Å²) in [7, 11) is 0. The number of piperidine rings is 1. The zero-order chi connectivity index (χ0) is 14.1. The van der Waals surface area contributed by atoms with Gasteiger partial charge in [-0.15, -0.1) is 0 Å². The standard InChI is InChI=1S/C15H31N3O/c1-4-8-16-14-7-10-18(11-13(14)6-3)12-15(19)17-9-5-2/h13-14,16H,4-12H2,1-3H3,(H,17,19). The van der Waals surface area contributed by atoms with Crippen molar-refractivity contribution in [1.29, 1.82) is 0 Å². The number of nitrogens with one attached hydrogen (secondary N) is 2. The number of amides is 1. The van der Waals surface area contributed by atoms with Gasteiger partial charge in [-0.2, -0.15) is 0 Å². The molecule has 0 bridgehead atoms. The maximum atomic E-state index is 11.8. The van der Waals surface area contributed by atoms with E-state index >= 15 is 0 Å². The molecule has 0 aliphatic carbocycles. The van der Waals surface area contributed by atoms with E-state index in [-0.39, 0.29) is 5.91 Å². The molecule has 0 aromatic heterocycles. The topological polar surface area (TPSA) is 44.4 Å².